The maximum absolute atomic E-state index is 13.0. The first-order valence-electron chi connectivity index (χ1n) is 9.22. The maximum Gasteiger partial charge on any atom is 0.335 e. The highest BCUT2D eigenvalue weighted by atomic mass is 16.5. The van der Waals surface area contributed by atoms with E-state index in [9.17, 15) is 19.5 Å². The number of allylic oxidation sites excluding steroid dienone is 1. The van der Waals surface area contributed by atoms with Crippen molar-refractivity contribution in [3.05, 3.63) is 65.3 Å². The second kappa shape index (κ2) is 8.13. The summed E-state index contributed by atoms with van der Waals surface area (Å²) in [6.07, 6.45) is 3.01. The maximum atomic E-state index is 13.0. The van der Waals surface area contributed by atoms with E-state index in [0.29, 0.717) is 16.9 Å². The van der Waals surface area contributed by atoms with E-state index in [1.54, 1.807) is 31.2 Å². The number of carboxylic acids is 1. The van der Waals surface area contributed by atoms with Gasteiger partial charge in [-0.1, -0.05) is 24.8 Å². The number of carbonyl (C=O) groups is 3. The first-order valence-corrected chi connectivity index (χ1v) is 9.22. The molecule has 2 amide bonds. The number of hydrogen-bond acceptors (Lipinski definition) is 6. The molecular formula is C21H23N3O6. The number of benzene rings is 1. The lowest BCUT2D eigenvalue weighted by Crippen LogP contribution is -2.56. The van der Waals surface area contributed by atoms with Crippen molar-refractivity contribution < 1.29 is 29.3 Å². The van der Waals surface area contributed by atoms with E-state index in [4.69, 9.17) is 9.84 Å². The Bertz CT molecular complexity index is 983. The van der Waals surface area contributed by atoms with Crippen molar-refractivity contribution in [2.45, 2.75) is 25.4 Å². The predicted molar refractivity (Wildman–Crippen MR) is 107 cm³/mol. The summed E-state index contributed by atoms with van der Waals surface area (Å²) in [4.78, 5) is 38.4. The van der Waals surface area contributed by atoms with Gasteiger partial charge >= 0.3 is 5.97 Å². The van der Waals surface area contributed by atoms with Crippen LogP contribution in [0.4, 0.5) is 0 Å². The lowest BCUT2D eigenvalue weighted by atomic mass is 9.87. The number of carbonyl (C=O) groups excluding carboxylic acids is 2. The van der Waals surface area contributed by atoms with Gasteiger partial charge in [0.05, 0.1) is 19.2 Å². The van der Waals surface area contributed by atoms with E-state index in [-0.39, 0.29) is 24.6 Å². The fourth-order valence-electron chi connectivity index (χ4n) is 3.63. The second-order valence-corrected chi connectivity index (χ2v) is 7.02. The Labute approximate surface area is 173 Å². The quantitative estimate of drug-likeness (QED) is 0.379. The van der Waals surface area contributed by atoms with Crippen LogP contribution < -0.4 is 15.4 Å². The van der Waals surface area contributed by atoms with Crippen LogP contribution in [-0.4, -0.2) is 58.4 Å². The Morgan fingerprint density at radius 1 is 1.40 bits per heavy atom. The molecule has 30 heavy (non-hydrogen) atoms. The minimum absolute atomic E-state index is 0.0741. The van der Waals surface area contributed by atoms with Gasteiger partial charge in [-0.05, 0) is 36.3 Å². The van der Waals surface area contributed by atoms with Crippen LogP contribution >= 0.6 is 0 Å². The number of methoxy groups -OCH3 is 1. The third kappa shape index (κ3) is 3.72. The molecule has 9 heteroatoms. The number of hydrogen-bond donors (Lipinski definition) is 4. The van der Waals surface area contributed by atoms with E-state index in [1.807, 2.05) is 0 Å². The number of aliphatic hydroxyl groups excluding tert-OH is 1. The summed E-state index contributed by atoms with van der Waals surface area (Å²) in [7, 11) is 1.51. The molecular weight excluding hydrogens is 390 g/mol. The summed E-state index contributed by atoms with van der Waals surface area (Å²) in [5.74, 6) is -1.45. The van der Waals surface area contributed by atoms with Crippen LogP contribution in [0.25, 0.3) is 0 Å². The fourth-order valence-corrected chi connectivity index (χ4v) is 3.63. The molecule has 9 nitrogen and oxygen atoms in total. The lowest BCUT2D eigenvalue weighted by molar-refractivity contribution is -0.132. The van der Waals surface area contributed by atoms with Crippen molar-refractivity contribution in [2.75, 3.05) is 13.7 Å². The monoisotopic (exact) mass is 413 g/mol. The van der Waals surface area contributed by atoms with Crippen molar-refractivity contribution in [3.63, 3.8) is 0 Å². The molecule has 1 aromatic carbocycles. The SMILES string of the molecule is C=C(/C=C\C(=C/C)C1(CN2Cc3ccc(OC)cc3C2=O)NC(O)NC1=O)C(=O)O. The molecule has 1 fully saturated rings. The number of aliphatic carboxylic acids is 1. The smallest absolute Gasteiger partial charge is 0.335 e. The molecule has 2 atom stereocenters. The Hall–Kier alpha value is -3.43. The lowest BCUT2D eigenvalue weighted by Gasteiger charge is -2.32. The first-order chi connectivity index (χ1) is 14.2. The predicted octanol–water partition coefficient (Wildman–Crippen LogP) is 0.528. The number of rotatable bonds is 7. The summed E-state index contributed by atoms with van der Waals surface area (Å²) in [6.45, 7) is 5.33. The van der Waals surface area contributed by atoms with Gasteiger partial charge in [0.25, 0.3) is 5.91 Å². The van der Waals surface area contributed by atoms with Gasteiger partial charge in [0.15, 0.2) is 6.35 Å². The number of aliphatic hydroxyl groups is 1. The van der Waals surface area contributed by atoms with Crippen LogP contribution in [0.15, 0.2) is 54.2 Å². The van der Waals surface area contributed by atoms with E-state index in [1.165, 1.54) is 24.2 Å². The number of amides is 2. The molecule has 0 aromatic heterocycles. The van der Waals surface area contributed by atoms with Crippen molar-refractivity contribution in [1.29, 1.82) is 0 Å². The van der Waals surface area contributed by atoms with E-state index < -0.39 is 23.8 Å². The highest BCUT2D eigenvalue weighted by Crippen LogP contribution is 2.31. The van der Waals surface area contributed by atoms with Crippen LogP contribution in [0.3, 0.4) is 0 Å². The molecule has 158 valence electrons. The van der Waals surface area contributed by atoms with E-state index >= 15 is 0 Å². The highest BCUT2D eigenvalue weighted by Gasteiger charge is 2.50. The number of fused-ring (bicyclic) bond motifs is 1. The third-order valence-electron chi connectivity index (χ3n) is 5.21. The van der Waals surface area contributed by atoms with E-state index in [2.05, 4.69) is 17.2 Å². The molecule has 0 saturated carbocycles. The van der Waals surface area contributed by atoms with Crippen LogP contribution in [-0.2, 0) is 16.1 Å². The molecule has 4 N–H and O–H groups in total. The molecule has 0 radical (unpaired) electrons. The Morgan fingerprint density at radius 3 is 2.70 bits per heavy atom. The van der Waals surface area contributed by atoms with Gasteiger partial charge in [0.2, 0.25) is 5.91 Å². The summed E-state index contributed by atoms with van der Waals surface area (Å²) < 4.78 is 5.18. The number of nitrogens with one attached hydrogen (secondary N) is 2. The van der Waals surface area contributed by atoms with Crippen LogP contribution in [0.5, 0.6) is 5.75 Å². The van der Waals surface area contributed by atoms with Crippen molar-refractivity contribution in [1.82, 2.24) is 15.5 Å². The topological polar surface area (TPSA) is 128 Å². The Morgan fingerprint density at radius 2 is 2.13 bits per heavy atom. The minimum Gasteiger partial charge on any atom is -0.497 e. The van der Waals surface area contributed by atoms with Gasteiger partial charge < -0.3 is 25.2 Å². The molecule has 2 aliphatic heterocycles. The molecule has 1 aromatic rings. The Balaban J connectivity index is 1.94. The first kappa shape index (κ1) is 21.3. The zero-order chi connectivity index (χ0) is 22.1. The summed E-state index contributed by atoms with van der Waals surface area (Å²) in [5.41, 5.74) is 0.0399. The van der Waals surface area contributed by atoms with Crippen LogP contribution in [0.2, 0.25) is 0 Å². The largest absolute Gasteiger partial charge is 0.497 e. The van der Waals surface area contributed by atoms with Crippen molar-refractivity contribution in [2.24, 2.45) is 0 Å². The van der Waals surface area contributed by atoms with Crippen LogP contribution in [0.1, 0.15) is 22.8 Å². The van der Waals surface area contributed by atoms with Crippen molar-refractivity contribution >= 4 is 17.8 Å². The number of carboxylic acid groups (broad SMARTS) is 1. The average Bonchev–Trinajstić information content (AvgIpc) is 3.17. The van der Waals surface area contributed by atoms with Gasteiger partial charge in [-0.25, -0.2) is 4.79 Å². The van der Waals surface area contributed by atoms with Gasteiger partial charge in [-0.15, -0.1) is 0 Å². The summed E-state index contributed by atoms with van der Waals surface area (Å²) in [6, 6.07) is 5.20. The molecule has 3 rings (SSSR count). The van der Waals surface area contributed by atoms with Gasteiger partial charge in [-0.3, -0.25) is 14.9 Å². The molecule has 1 saturated heterocycles. The molecule has 2 aliphatic rings. The summed E-state index contributed by atoms with van der Waals surface area (Å²) >= 11 is 0. The standard InChI is InChI=1S/C21H23N3O6/c1-4-14(7-5-12(2)18(26)27)21(19(28)22-20(29)23-21)11-24-10-13-6-8-15(30-3)9-16(13)17(24)25/h4-9,20,23,29H,2,10-11H2,1,3H3,(H,22,28)(H,26,27)/b7-5-,14-4+. The normalized spacial score (nSPS) is 23.6. The zero-order valence-corrected chi connectivity index (χ0v) is 16.6. The molecule has 2 heterocycles. The second-order valence-electron chi connectivity index (χ2n) is 7.02. The number of nitrogens with zero attached hydrogens (tertiary/aromatic N) is 1. The van der Waals surface area contributed by atoms with Gasteiger partial charge in [0.1, 0.15) is 11.3 Å². The molecule has 0 aliphatic carbocycles. The highest BCUT2D eigenvalue weighted by molar-refractivity contribution is 6.00. The van der Waals surface area contributed by atoms with E-state index in [0.717, 1.165) is 5.56 Å². The third-order valence-corrected chi connectivity index (χ3v) is 5.21. The summed E-state index contributed by atoms with van der Waals surface area (Å²) in [5, 5.41) is 24.2. The molecule has 0 bridgehead atoms. The molecule has 2 unspecified atom stereocenters. The van der Waals surface area contributed by atoms with Crippen molar-refractivity contribution in [3.8, 4) is 5.75 Å². The van der Waals surface area contributed by atoms with Crippen LogP contribution in [0, 0.1) is 0 Å². The fraction of sp³-hybridized carbons (Fsp3) is 0.286. The number of ether oxygens (including phenoxy) is 1. The minimum atomic E-state index is -1.47. The molecule has 0 spiro atoms. The Kier molecular flexibility index (Phi) is 5.77. The average molecular weight is 413 g/mol. The zero-order valence-electron chi connectivity index (χ0n) is 16.6. The van der Waals surface area contributed by atoms with Gasteiger partial charge in [0, 0.05) is 12.1 Å². The van der Waals surface area contributed by atoms with Gasteiger partial charge in [-0.2, -0.15) is 0 Å².